The molecule has 3 rings (SSSR count). The Labute approximate surface area is 164 Å². The first-order valence-electron chi connectivity index (χ1n) is 8.02. The molecule has 140 valence electrons. The zero-order valence-corrected chi connectivity index (χ0v) is 16.4. The van der Waals surface area contributed by atoms with Gasteiger partial charge < -0.3 is 14.8 Å². The number of esters is 1. The van der Waals surface area contributed by atoms with Crippen molar-refractivity contribution in [2.24, 2.45) is 0 Å². The van der Waals surface area contributed by atoms with Gasteiger partial charge in [-0.25, -0.2) is 14.8 Å². The molecule has 0 radical (unpaired) electrons. The number of carbonyl (C=O) groups excluding carboxylic acids is 2. The molecule has 0 saturated heterocycles. The largest absolute Gasteiger partial charge is 0.477 e. The van der Waals surface area contributed by atoms with Crippen LogP contribution in [0.1, 0.15) is 32.5 Å². The molecule has 2 aromatic heterocycles. The Balaban J connectivity index is 1.97. The van der Waals surface area contributed by atoms with Gasteiger partial charge in [-0.2, -0.15) is 0 Å². The highest BCUT2D eigenvalue weighted by Gasteiger charge is 2.21. The Bertz CT molecular complexity index is 1030. The molecule has 0 fully saturated rings. The maximum absolute atomic E-state index is 12.8. The number of rotatable bonds is 5. The van der Waals surface area contributed by atoms with Gasteiger partial charge in [0.15, 0.2) is 0 Å². The molecule has 9 heteroatoms. The molecule has 1 N–H and O–H groups in total. The molecule has 3 aromatic rings. The number of ether oxygens (including phenoxy) is 2. The highest BCUT2D eigenvalue weighted by molar-refractivity contribution is 7.20. The lowest BCUT2D eigenvalue weighted by atomic mass is 10.2. The molecule has 0 bridgehead atoms. The Kier molecular flexibility index (Phi) is 5.57. The van der Waals surface area contributed by atoms with Gasteiger partial charge in [0, 0.05) is 0 Å². The summed E-state index contributed by atoms with van der Waals surface area (Å²) in [5.74, 6) is -0.431. The molecule has 1 amide bonds. The zero-order chi connectivity index (χ0) is 19.6. The van der Waals surface area contributed by atoms with E-state index in [9.17, 15) is 9.59 Å². The average Bonchev–Trinajstić information content (AvgIpc) is 3.01. The lowest BCUT2D eigenvalue weighted by Gasteiger charge is -2.09. The molecular formula is C18H16ClN3O4S. The molecule has 1 aromatic carbocycles. The summed E-state index contributed by atoms with van der Waals surface area (Å²) >= 11 is 7.39. The normalized spacial score (nSPS) is 10.7. The van der Waals surface area contributed by atoms with Crippen LogP contribution in [0.15, 0.2) is 24.5 Å². The first kappa shape index (κ1) is 19.1. The quantitative estimate of drug-likeness (QED) is 0.643. The molecule has 0 unspecified atom stereocenters. The van der Waals surface area contributed by atoms with E-state index in [1.807, 2.05) is 13.8 Å². The van der Waals surface area contributed by atoms with Crippen molar-refractivity contribution < 1.29 is 19.1 Å². The number of aromatic nitrogens is 2. The summed E-state index contributed by atoms with van der Waals surface area (Å²) in [6, 6.07) is 4.53. The van der Waals surface area contributed by atoms with E-state index < -0.39 is 5.97 Å². The Morgan fingerprint density at radius 3 is 2.78 bits per heavy atom. The Hall–Kier alpha value is -2.71. The Morgan fingerprint density at radius 2 is 2.07 bits per heavy atom. The van der Waals surface area contributed by atoms with Crippen LogP contribution >= 0.6 is 22.9 Å². The van der Waals surface area contributed by atoms with Gasteiger partial charge in [-0.15, -0.1) is 11.3 Å². The first-order chi connectivity index (χ1) is 13.0. The molecule has 2 heterocycles. The fourth-order valence-electron chi connectivity index (χ4n) is 2.55. The number of nitrogens with zero attached hydrogens (tertiary/aromatic N) is 2. The predicted molar refractivity (Wildman–Crippen MR) is 104 cm³/mol. The smallest absolute Gasteiger partial charge is 0.337 e. The van der Waals surface area contributed by atoms with Crippen LogP contribution in [0.3, 0.4) is 0 Å². The molecule has 0 atom stereocenters. The van der Waals surface area contributed by atoms with Gasteiger partial charge in [0.05, 0.1) is 40.3 Å². The summed E-state index contributed by atoms with van der Waals surface area (Å²) in [6.45, 7) is 4.13. The minimum Gasteiger partial charge on any atom is -0.477 e. The highest BCUT2D eigenvalue weighted by atomic mass is 35.5. The van der Waals surface area contributed by atoms with E-state index in [0.717, 1.165) is 5.56 Å². The second kappa shape index (κ2) is 7.89. The van der Waals surface area contributed by atoms with Crippen LogP contribution in [0, 0.1) is 6.92 Å². The van der Waals surface area contributed by atoms with Crippen molar-refractivity contribution in [2.75, 3.05) is 19.0 Å². The number of nitrogens with one attached hydrogen (secondary N) is 1. The number of amides is 1. The van der Waals surface area contributed by atoms with E-state index in [1.165, 1.54) is 43.0 Å². The van der Waals surface area contributed by atoms with Crippen LogP contribution in [-0.4, -0.2) is 35.6 Å². The summed E-state index contributed by atoms with van der Waals surface area (Å²) in [4.78, 5) is 34.0. The second-order valence-electron chi connectivity index (χ2n) is 5.49. The van der Waals surface area contributed by atoms with Crippen molar-refractivity contribution in [1.29, 1.82) is 0 Å². The second-order valence-corrected chi connectivity index (χ2v) is 6.89. The van der Waals surface area contributed by atoms with Crippen LogP contribution < -0.4 is 10.1 Å². The summed E-state index contributed by atoms with van der Waals surface area (Å²) in [7, 11) is 1.28. The van der Waals surface area contributed by atoms with Gasteiger partial charge in [-0.05, 0) is 37.6 Å². The third-order valence-electron chi connectivity index (χ3n) is 3.81. The fourth-order valence-corrected chi connectivity index (χ4v) is 3.75. The van der Waals surface area contributed by atoms with E-state index >= 15 is 0 Å². The van der Waals surface area contributed by atoms with Gasteiger partial charge in [0.2, 0.25) is 5.88 Å². The number of hydrogen-bond acceptors (Lipinski definition) is 7. The van der Waals surface area contributed by atoms with Gasteiger partial charge in [-0.3, -0.25) is 4.79 Å². The number of thiophene rings is 1. The van der Waals surface area contributed by atoms with Crippen molar-refractivity contribution in [3.8, 4) is 5.88 Å². The van der Waals surface area contributed by atoms with E-state index in [1.54, 1.807) is 0 Å². The maximum atomic E-state index is 12.8. The summed E-state index contributed by atoms with van der Waals surface area (Å²) in [6.07, 6.45) is 1.40. The molecule has 27 heavy (non-hydrogen) atoms. The molecule has 0 aliphatic rings. The number of fused-ring (bicyclic) bond motifs is 1. The molecule has 0 saturated carbocycles. The van der Waals surface area contributed by atoms with Gasteiger partial charge in [-0.1, -0.05) is 11.6 Å². The van der Waals surface area contributed by atoms with Crippen molar-refractivity contribution in [3.05, 3.63) is 45.6 Å². The van der Waals surface area contributed by atoms with Crippen LogP contribution in [0.4, 0.5) is 5.69 Å². The minimum absolute atomic E-state index is 0.287. The predicted octanol–water partition coefficient (Wildman–Crippen LogP) is 4.09. The molecule has 0 aliphatic carbocycles. The SMILES string of the molecule is CCOc1ncnc2sc(C(=O)Nc3cc(C(=O)OC)ccc3Cl)c(C)c12. The number of halogens is 1. The van der Waals surface area contributed by atoms with Crippen LogP contribution in [0.5, 0.6) is 5.88 Å². The molecule has 0 aliphatic heterocycles. The number of hydrogen-bond donors (Lipinski definition) is 1. The Morgan fingerprint density at radius 1 is 1.30 bits per heavy atom. The summed E-state index contributed by atoms with van der Waals surface area (Å²) in [5, 5.41) is 3.76. The highest BCUT2D eigenvalue weighted by Crippen LogP contribution is 2.35. The minimum atomic E-state index is -0.517. The van der Waals surface area contributed by atoms with Crippen molar-refractivity contribution in [1.82, 2.24) is 9.97 Å². The molecular weight excluding hydrogens is 390 g/mol. The number of aryl methyl sites for hydroxylation is 1. The maximum Gasteiger partial charge on any atom is 0.337 e. The van der Waals surface area contributed by atoms with Crippen molar-refractivity contribution in [3.63, 3.8) is 0 Å². The topological polar surface area (TPSA) is 90.4 Å². The number of anilines is 1. The van der Waals surface area contributed by atoms with Crippen LogP contribution in [0.25, 0.3) is 10.2 Å². The average molecular weight is 406 g/mol. The van der Waals surface area contributed by atoms with E-state index in [-0.39, 0.29) is 11.5 Å². The van der Waals surface area contributed by atoms with Gasteiger partial charge >= 0.3 is 5.97 Å². The number of benzene rings is 1. The van der Waals surface area contributed by atoms with Crippen molar-refractivity contribution in [2.45, 2.75) is 13.8 Å². The summed E-state index contributed by atoms with van der Waals surface area (Å²) in [5.41, 5.74) is 1.32. The molecule has 7 nitrogen and oxygen atoms in total. The monoisotopic (exact) mass is 405 g/mol. The zero-order valence-electron chi connectivity index (χ0n) is 14.8. The lowest BCUT2D eigenvalue weighted by molar-refractivity contribution is 0.0600. The van der Waals surface area contributed by atoms with Gasteiger partial charge in [0.1, 0.15) is 11.2 Å². The van der Waals surface area contributed by atoms with E-state index in [4.69, 9.17) is 21.1 Å². The van der Waals surface area contributed by atoms with Crippen LogP contribution in [0.2, 0.25) is 5.02 Å². The third-order valence-corrected chi connectivity index (χ3v) is 5.34. The van der Waals surface area contributed by atoms with E-state index in [0.29, 0.717) is 38.3 Å². The third kappa shape index (κ3) is 3.72. The number of methoxy groups -OCH3 is 1. The molecule has 0 spiro atoms. The van der Waals surface area contributed by atoms with Crippen LogP contribution in [-0.2, 0) is 4.74 Å². The summed E-state index contributed by atoms with van der Waals surface area (Å²) < 4.78 is 10.2. The van der Waals surface area contributed by atoms with E-state index in [2.05, 4.69) is 15.3 Å². The fraction of sp³-hybridized carbons (Fsp3) is 0.222. The lowest BCUT2D eigenvalue weighted by Crippen LogP contribution is -2.12. The standard InChI is InChI=1S/C18H16ClN3O4S/c1-4-26-16-13-9(2)14(27-17(13)21-8-20-16)15(23)22-12-7-10(18(24)25-3)5-6-11(12)19/h5-8H,4H2,1-3H3,(H,22,23). The first-order valence-corrected chi connectivity index (χ1v) is 9.21. The van der Waals surface area contributed by atoms with Gasteiger partial charge in [0.25, 0.3) is 5.91 Å². The number of carbonyl (C=O) groups is 2. The van der Waals surface area contributed by atoms with Crippen molar-refractivity contribution >= 4 is 50.7 Å².